The Morgan fingerprint density at radius 1 is 1.12 bits per heavy atom. The normalized spacial score (nSPS) is 10.6. The number of aryl methyl sites for hydroxylation is 1. The van der Waals surface area contributed by atoms with E-state index in [0.29, 0.717) is 5.75 Å². The number of hydrogen-bond donors (Lipinski definition) is 1. The third kappa shape index (κ3) is 5.57. The van der Waals surface area contributed by atoms with Gasteiger partial charge in [0, 0.05) is 5.56 Å². The SMILES string of the molecule is Cc1ccccc1OCC(=O)NCC#Cc1ccccc1C(F)(F)F. The number of hydrogen-bond acceptors (Lipinski definition) is 2. The van der Waals surface area contributed by atoms with E-state index in [1.54, 1.807) is 12.1 Å². The smallest absolute Gasteiger partial charge is 0.417 e. The fraction of sp³-hybridized carbons (Fsp3) is 0.211. The number of para-hydroxylation sites is 1. The molecule has 0 saturated carbocycles. The molecule has 2 aromatic carbocycles. The Hall–Kier alpha value is -2.94. The number of ether oxygens (including phenoxy) is 1. The zero-order valence-corrected chi connectivity index (χ0v) is 13.5. The monoisotopic (exact) mass is 347 g/mol. The summed E-state index contributed by atoms with van der Waals surface area (Å²) in [6.07, 6.45) is -4.46. The standard InChI is InChI=1S/C19H16F3NO2/c1-14-7-2-5-11-17(14)25-13-18(24)23-12-6-9-15-8-3-4-10-16(15)19(20,21)22/h2-5,7-8,10-11H,12-13H2,1H3,(H,23,24). The second kappa shape index (κ2) is 8.25. The van der Waals surface area contributed by atoms with Crippen molar-refractivity contribution in [1.29, 1.82) is 0 Å². The number of nitrogens with one attached hydrogen (secondary N) is 1. The van der Waals surface area contributed by atoms with Gasteiger partial charge in [-0.1, -0.05) is 42.2 Å². The number of alkyl halides is 3. The molecule has 0 fully saturated rings. The van der Waals surface area contributed by atoms with E-state index >= 15 is 0 Å². The number of carbonyl (C=O) groups excluding carboxylic acids is 1. The van der Waals surface area contributed by atoms with Crippen molar-refractivity contribution in [3.05, 3.63) is 65.2 Å². The molecule has 2 rings (SSSR count). The van der Waals surface area contributed by atoms with Gasteiger partial charge < -0.3 is 10.1 Å². The van der Waals surface area contributed by atoms with Gasteiger partial charge in [-0.15, -0.1) is 0 Å². The zero-order valence-electron chi connectivity index (χ0n) is 13.5. The highest BCUT2D eigenvalue weighted by molar-refractivity contribution is 5.77. The van der Waals surface area contributed by atoms with Crippen molar-refractivity contribution in [2.24, 2.45) is 0 Å². The summed E-state index contributed by atoms with van der Waals surface area (Å²) in [5.74, 6) is 5.15. The van der Waals surface area contributed by atoms with E-state index in [2.05, 4.69) is 17.2 Å². The average molecular weight is 347 g/mol. The van der Waals surface area contributed by atoms with Gasteiger partial charge in [-0.2, -0.15) is 13.2 Å². The first-order valence-electron chi connectivity index (χ1n) is 7.48. The fourth-order valence-corrected chi connectivity index (χ4v) is 2.03. The molecule has 1 amide bonds. The van der Waals surface area contributed by atoms with Crippen molar-refractivity contribution in [3.63, 3.8) is 0 Å². The number of amides is 1. The molecule has 130 valence electrons. The third-order valence-electron chi connectivity index (χ3n) is 3.28. The van der Waals surface area contributed by atoms with Crippen molar-refractivity contribution in [2.75, 3.05) is 13.2 Å². The Labute approximate surface area is 143 Å². The molecule has 0 aromatic heterocycles. The summed E-state index contributed by atoms with van der Waals surface area (Å²) in [4.78, 5) is 11.7. The molecule has 2 aromatic rings. The molecule has 1 N–H and O–H groups in total. The summed E-state index contributed by atoms with van der Waals surface area (Å²) in [6, 6.07) is 12.3. The molecule has 0 spiro atoms. The van der Waals surface area contributed by atoms with Gasteiger partial charge in [0.1, 0.15) is 5.75 Å². The number of carbonyl (C=O) groups is 1. The van der Waals surface area contributed by atoms with Crippen molar-refractivity contribution in [3.8, 4) is 17.6 Å². The molecule has 0 radical (unpaired) electrons. The average Bonchev–Trinajstić information content (AvgIpc) is 2.57. The largest absolute Gasteiger partial charge is 0.484 e. The van der Waals surface area contributed by atoms with Gasteiger partial charge in [0.15, 0.2) is 6.61 Å². The molecular weight excluding hydrogens is 331 g/mol. The fourth-order valence-electron chi connectivity index (χ4n) is 2.03. The second-order valence-corrected chi connectivity index (χ2v) is 5.18. The van der Waals surface area contributed by atoms with Crippen molar-refractivity contribution in [1.82, 2.24) is 5.32 Å². The van der Waals surface area contributed by atoms with Crippen LogP contribution >= 0.6 is 0 Å². The lowest BCUT2D eigenvalue weighted by Gasteiger charge is -2.08. The van der Waals surface area contributed by atoms with Crippen LogP contribution in [0.4, 0.5) is 13.2 Å². The molecule has 6 heteroatoms. The Morgan fingerprint density at radius 2 is 1.80 bits per heavy atom. The zero-order chi connectivity index (χ0) is 18.3. The minimum absolute atomic E-state index is 0.0673. The van der Waals surface area contributed by atoms with E-state index in [1.165, 1.54) is 18.2 Å². The number of benzene rings is 2. The van der Waals surface area contributed by atoms with E-state index in [9.17, 15) is 18.0 Å². The van der Waals surface area contributed by atoms with Crippen LogP contribution in [0.1, 0.15) is 16.7 Å². The minimum atomic E-state index is -4.46. The maximum Gasteiger partial charge on any atom is 0.417 e. The van der Waals surface area contributed by atoms with E-state index < -0.39 is 17.6 Å². The van der Waals surface area contributed by atoms with Crippen LogP contribution in [0.3, 0.4) is 0 Å². The van der Waals surface area contributed by atoms with Crippen LogP contribution in [-0.4, -0.2) is 19.1 Å². The topological polar surface area (TPSA) is 38.3 Å². The highest BCUT2D eigenvalue weighted by atomic mass is 19.4. The van der Waals surface area contributed by atoms with Gasteiger partial charge in [0.25, 0.3) is 5.91 Å². The summed E-state index contributed by atoms with van der Waals surface area (Å²) in [5, 5.41) is 2.48. The van der Waals surface area contributed by atoms with Crippen LogP contribution in [0.25, 0.3) is 0 Å². The molecule has 0 bridgehead atoms. The van der Waals surface area contributed by atoms with Crippen molar-refractivity contribution < 1.29 is 22.7 Å². The highest BCUT2D eigenvalue weighted by Crippen LogP contribution is 2.31. The first kappa shape index (κ1) is 18.4. The van der Waals surface area contributed by atoms with E-state index in [1.807, 2.05) is 19.1 Å². The molecule has 0 aliphatic heterocycles. The molecule has 0 aliphatic carbocycles. The van der Waals surface area contributed by atoms with E-state index in [0.717, 1.165) is 11.6 Å². The lowest BCUT2D eigenvalue weighted by atomic mass is 10.1. The maximum atomic E-state index is 12.8. The van der Waals surface area contributed by atoms with Crippen molar-refractivity contribution in [2.45, 2.75) is 13.1 Å². The highest BCUT2D eigenvalue weighted by Gasteiger charge is 2.32. The Morgan fingerprint density at radius 3 is 2.52 bits per heavy atom. The molecule has 25 heavy (non-hydrogen) atoms. The quantitative estimate of drug-likeness (QED) is 0.859. The predicted octanol–water partition coefficient (Wildman–Crippen LogP) is 3.56. The number of halogens is 3. The number of rotatable bonds is 4. The van der Waals surface area contributed by atoms with Crippen molar-refractivity contribution >= 4 is 5.91 Å². The van der Waals surface area contributed by atoms with Crippen LogP contribution in [0.5, 0.6) is 5.75 Å². The maximum absolute atomic E-state index is 12.8. The summed E-state index contributed by atoms with van der Waals surface area (Å²) in [7, 11) is 0. The van der Waals surface area contributed by atoms with Crippen LogP contribution in [0.15, 0.2) is 48.5 Å². The lowest BCUT2D eigenvalue weighted by molar-refractivity contribution is -0.137. The Balaban J connectivity index is 1.87. The molecule has 0 aliphatic rings. The van der Waals surface area contributed by atoms with E-state index in [-0.39, 0.29) is 18.7 Å². The molecular formula is C19H16F3NO2. The second-order valence-electron chi connectivity index (χ2n) is 5.18. The van der Waals surface area contributed by atoms with Gasteiger partial charge >= 0.3 is 6.18 Å². The van der Waals surface area contributed by atoms with Gasteiger partial charge in [-0.25, -0.2) is 0 Å². The summed E-state index contributed by atoms with van der Waals surface area (Å²) in [5.41, 5.74) is -0.0176. The van der Waals surface area contributed by atoms with Crippen LogP contribution in [0.2, 0.25) is 0 Å². The van der Waals surface area contributed by atoms with E-state index in [4.69, 9.17) is 4.74 Å². The summed E-state index contributed by atoms with van der Waals surface area (Å²) < 4.78 is 43.8. The Bertz CT molecular complexity index is 804. The van der Waals surface area contributed by atoms with Gasteiger partial charge in [0.05, 0.1) is 12.1 Å². The summed E-state index contributed by atoms with van der Waals surface area (Å²) in [6.45, 7) is 1.60. The van der Waals surface area contributed by atoms with Crippen LogP contribution < -0.4 is 10.1 Å². The third-order valence-corrected chi connectivity index (χ3v) is 3.28. The predicted molar refractivity (Wildman–Crippen MR) is 88.0 cm³/mol. The van der Waals surface area contributed by atoms with Gasteiger partial charge in [-0.05, 0) is 30.7 Å². The van der Waals surface area contributed by atoms with Gasteiger partial charge in [0.2, 0.25) is 0 Å². The lowest BCUT2D eigenvalue weighted by Crippen LogP contribution is -2.29. The minimum Gasteiger partial charge on any atom is -0.484 e. The van der Waals surface area contributed by atoms with Crippen LogP contribution in [-0.2, 0) is 11.0 Å². The molecule has 0 saturated heterocycles. The summed E-state index contributed by atoms with van der Waals surface area (Å²) >= 11 is 0. The first-order chi connectivity index (χ1) is 11.9. The Kier molecular flexibility index (Phi) is 6.07. The molecule has 3 nitrogen and oxygen atoms in total. The molecule has 0 unspecified atom stereocenters. The molecule has 0 heterocycles. The first-order valence-corrected chi connectivity index (χ1v) is 7.48. The molecule has 0 atom stereocenters. The van der Waals surface area contributed by atoms with Gasteiger partial charge in [-0.3, -0.25) is 4.79 Å². The van der Waals surface area contributed by atoms with Crippen LogP contribution in [0, 0.1) is 18.8 Å².